The number of benzene rings is 2. The molecule has 0 unspecified atom stereocenters. The first-order chi connectivity index (χ1) is 12.5. The van der Waals surface area contributed by atoms with Crippen LogP contribution in [-0.2, 0) is 4.79 Å². The fourth-order valence-corrected chi connectivity index (χ4v) is 2.99. The minimum atomic E-state index is -0.836. The highest BCUT2D eigenvalue weighted by molar-refractivity contribution is 5.95. The maximum Gasteiger partial charge on any atom is 0.253 e. The quantitative estimate of drug-likeness (QED) is 0.907. The Bertz CT molecular complexity index is 813. The van der Waals surface area contributed by atoms with E-state index in [1.807, 2.05) is 0 Å². The number of carbonyl (C=O) groups excluding carboxylic acids is 2. The average Bonchev–Trinajstić information content (AvgIpc) is 2.64. The van der Waals surface area contributed by atoms with Gasteiger partial charge in [0.2, 0.25) is 5.91 Å². The molecule has 4 nitrogen and oxygen atoms in total. The summed E-state index contributed by atoms with van der Waals surface area (Å²) in [6.45, 7) is 0.625. The number of para-hydroxylation sites is 1. The summed E-state index contributed by atoms with van der Waals surface area (Å²) in [6, 6.07) is 8.78. The zero-order valence-corrected chi connectivity index (χ0v) is 13.8. The van der Waals surface area contributed by atoms with Crippen molar-refractivity contribution in [3.8, 4) is 0 Å². The fourth-order valence-electron chi connectivity index (χ4n) is 2.99. The summed E-state index contributed by atoms with van der Waals surface area (Å²) in [4.78, 5) is 26.2. The van der Waals surface area contributed by atoms with Crippen LogP contribution in [-0.4, -0.2) is 29.8 Å². The van der Waals surface area contributed by atoms with E-state index in [0.29, 0.717) is 25.9 Å². The predicted octanol–water partition coefficient (Wildman–Crippen LogP) is 3.59. The van der Waals surface area contributed by atoms with Gasteiger partial charge in [0, 0.05) is 24.6 Å². The van der Waals surface area contributed by atoms with E-state index in [1.165, 1.54) is 30.3 Å². The smallest absolute Gasteiger partial charge is 0.253 e. The second kappa shape index (κ2) is 7.59. The van der Waals surface area contributed by atoms with Gasteiger partial charge in [0.1, 0.15) is 23.1 Å². The molecule has 1 heterocycles. The third-order valence-electron chi connectivity index (χ3n) is 4.44. The normalized spacial score (nSPS) is 15.0. The molecular weight excluding hydrogens is 345 g/mol. The molecule has 136 valence electrons. The summed E-state index contributed by atoms with van der Waals surface area (Å²) < 4.78 is 40.5. The summed E-state index contributed by atoms with van der Waals surface area (Å²) in [5.74, 6) is -3.40. The van der Waals surface area contributed by atoms with E-state index in [9.17, 15) is 22.8 Å². The average molecular weight is 362 g/mol. The number of rotatable bonds is 3. The second-order valence-corrected chi connectivity index (χ2v) is 6.16. The van der Waals surface area contributed by atoms with Crippen LogP contribution in [0.3, 0.4) is 0 Å². The second-order valence-electron chi connectivity index (χ2n) is 6.16. The Hall–Kier alpha value is -2.83. The number of carbonyl (C=O) groups is 2. The standard InChI is InChI=1S/C19H17F3N2O2/c20-14-4-1-3-13(11-14)19(26)24-9-7-12(8-10-24)18(25)23-17-15(21)5-2-6-16(17)22/h1-6,11-12H,7-10H2,(H,23,25). The van der Waals surface area contributed by atoms with Crippen molar-refractivity contribution in [3.05, 3.63) is 65.5 Å². The lowest BCUT2D eigenvalue weighted by atomic mass is 9.95. The first-order valence-corrected chi connectivity index (χ1v) is 8.25. The highest BCUT2D eigenvalue weighted by Crippen LogP contribution is 2.23. The largest absolute Gasteiger partial charge is 0.339 e. The van der Waals surface area contributed by atoms with Crippen molar-refractivity contribution in [1.82, 2.24) is 4.90 Å². The third-order valence-corrected chi connectivity index (χ3v) is 4.44. The van der Waals surface area contributed by atoms with Gasteiger partial charge in [-0.15, -0.1) is 0 Å². The van der Waals surface area contributed by atoms with Crippen molar-refractivity contribution >= 4 is 17.5 Å². The van der Waals surface area contributed by atoms with Crippen molar-refractivity contribution in [2.75, 3.05) is 18.4 Å². The molecule has 1 fully saturated rings. The molecular formula is C19H17F3N2O2. The molecule has 1 aliphatic rings. The van der Waals surface area contributed by atoms with Gasteiger partial charge in [-0.05, 0) is 43.2 Å². The lowest BCUT2D eigenvalue weighted by Gasteiger charge is -2.31. The first-order valence-electron chi connectivity index (χ1n) is 8.25. The Kier molecular flexibility index (Phi) is 5.25. The maximum atomic E-state index is 13.6. The fraction of sp³-hybridized carbons (Fsp3) is 0.263. The van der Waals surface area contributed by atoms with Crippen LogP contribution in [0.4, 0.5) is 18.9 Å². The van der Waals surface area contributed by atoms with Crippen molar-refractivity contribution in [3.63, 3.8) is 0 Å². The number of hydrogen-bond acceptors (Lipinski definition) is 2. The molecule has 2 aromatic rings. The lowest BCUT2D eigenvalue weighted by molar-refractivity contribution is -0.121. The molecule has 0 spiro atoms. The van der Waals surface area contributed by atoms with Gasteiger partial charge < -0.3 is 10.2 Å². The van der Waals surface area contributed by atoms with Crippen molar-refractivity contribution in [2.45, 2.75) is 12.8 Å². The van der Waals surface area contributed by atoms with Crippen LogP contribution in [0.2, 0.25) is 0 Å². The van der Waals surface area contributed by atoms with Crippen molar-refractivity contribution < 1.29 is 22.8 Å². The monoisotopic (exact) mass is 362 g/mol. The number of nitrogens with zero attached hydrogens (tertiary/aromatic N) is 1. The number of hydrogen-bond donors (Lipinski definition) is 1. The molecule has 0 saturated carbocycles. The lowest BCUT2D eigenvalue weighted by Crippen LogP contribution is -2.41. The van der Waals surface area contributed by atoms with E-state index < -0.39 is 35.0 Å². The van der Waals surface area contributed by atoms with Gasteiger partial charge in [-0.1, -0.05) is 12.1 Å². The number of piperidine rings is 1. The van der Waals surface area contributed by atoms with Crippen LogP contribution >= 0.6 is 0 Å². The van der Waals surface area contributed by atoms with E-state index in [-0.39, 0.29) is 11.5 Å². The van der Waals surface area contributed by atoms with Gasteiger partial charge in [0.15, 0.2) is 0 Å². The zero-order chi connectivity index (χ0) is 18.7. The number of amides is 2. The van der Waals surface area contributed by atoms with Crippen LogP contribution < -0.4 is 5.32 Å². The topological polar surface area (TPSA) is 49.4 Å². The van der Waals surface area contributed by atoms with E-state index >= 15 is 0 Å². The van der Waals surface area contributed by atoms with Gasteiger partial charge in [-0.25, -0.2) is 13.2 Å². The van der Waals surface area contributed by atoms with Crippen LogP contribution in [0.5, 0.6) is 0 Å². The molecule has 1 aliphatic heterocycles. The number of halogens is 3. The first kappa shape index (κ1) is 18.0. The molecule has 0 aliphatic carbocycles. The Morgan fingerprint density at radius 2 is 1.58 bits per heavy atom. The maximum absolute atomic E-state index is 13.6. The number of anilines is 1. The SMILES string of the molecule is O=C(Nc1c(F)cccc1F)C1CCN(C(=O)c2cccc(F)c2)CC1. The molecule has 0 radical (unpaired) electrons. The molecule has 1 saturated heterocycles. The summed E-state index contributed by atoms with van der Waals surface area (Å²) in [6.07, 6.45) is 0.728. The summed E-state index contributed by atoms with van der Waals surface area (Å²) in [7, 11) is 0. The number of nitrogens with one attached hydrogen (secondary N) is 1. The van der Waals surface area contributed by atoms with Gasteiger partial charge in [0.25, 0.3) is 5.91 Å². The van der Waals surface area contributed by atoms with Crippen LogP contribution in [0.1, 0.15) is 23.2 Å². The highest BCUT2D eigenvalue weighted by atomic mass is 19.1. The highest BCUT2D eigenvalue weighted by Gasteiger charge is 2.28. The third kappa shape index (κ3) is 3.87. The molecule has 0 aromatic heterocycles. The molecule has 0 bridgehead atoms. The molecule has 3 rings (SSSR count). The Labute approximate surface area is 148 Å². The van der Waals surface area contributed by atoms with E-state index in [0.717, 1.165) is 12.1 Å². The Morgan fingerprint density at radius 3 is 2.19 bits per heavy atom. The van der Waals surface area contributed by atoms with E-state index in [2.05, 4.69) is 5.32 Å². The molecule has 0 atom stereocenters. The minimum absolute atomic E-state index is 0.251. The summed E-state index contributed by atoms with van der Waals surface area (Å²) in [5.41, 5.74) is -0.211. The van der Waals surface area contributed by atoms with E-state index in [1.54, 1.807) is 4.90 Å². The minimum Gasteiger partial charge on any atom is -0.339 e. The predicted molar refractivity (Wildman–Crippen MR) is 90.0 cm³/mol. The van der Waals surface area contributed by atoms with Gasteiger partial charge in [0.05, 0.1) is 0 Å². The van der Waals surface area contributed by atoms with Gasteiger partial charge in [-0.3, -0.25) is 9.59 Å². The molecule has 26 heavy (non-hydrogen) atoms. The van der Waals surface area contributed by atoms with Crippen LogP contribution in [0.25, 0.3) is 0 Å². The Balaban J connectivity index is 1.60. The molecule has 2 aromatic carbocycles. The zero-order valence-electron chi connectivity index (χ0n) is 13.8. The van der Waals surface area contributed by atoms with Crippen molar-refractivity contribution in [2.24, 2.45) is 5.92 Å². The van der Waals surface area contributed by atoms with Crippen molar-refractivity contribution in [1.29, 1.82) is 0 Å². The van der Waals surface area contributed by atoms with Crippen LogP contribution in [0, 0.1) is 23.4 Å². The summed E-state index contributed by atoms with van der Waals surface area (Å²) in [5, 5.41) is 2.29. The Morgan fingerprint density at radius 1 is 0.962 bits per heavy atom. The molecule has 7 heteroatoms. The molecule has 2 amide bonds. The molecule has 1 N–H and O–H groups in total. The van der Waals surface area contributed by atoms with Gasteiger partial charge >= 0.3 is 0 Å². The van der Waals surface area contributed by atoms with E-state index in [4.69, 9.17) is 0 Å². The van der Waals surface area contributed by atoms with Gasteiger partial charge in [-0.2, -0.15) is 0 Å². The number of likely N-dealkylation sites (tertiary alicyclic amines) is 1. The van der Waals surface area contributed by atoms with Crippen LogP contribution in [0.15, 0.2) is 42.5 Å². The summed E-state index contributed by atoms with van der Waals surface area (Å²) >= 11 is 0.